The maximum absolute atomic E-state index is 12.1. The first-order valence-electron chi connectivity index (χ1n) is 6.40. The molecule has 2 rings (SSSR count). The minimum Gasteiger partial charge on any atom is 0 e. The summed E-state index contributed by atoms with van der Waals surface area (Å²) in [5.74, 6) is 0.264. The Bertz CT molecular complexity index is 504. The first kappa shape index (κ1) is 26.2. The Hall–Kier alpha value is -1.69. The van der Waals surface area contributed by atoms with Crippen LogP contribution >= 0.6 is 0 Å². The van der Waals surface area contributed by atoms with Crippen LogP contribution in [0.15, 0.2) is 24.3 Å². The first-order chi connectivity index (χ1) is 10.6. The third kappa shape index (κ3) is 7.41. The number of fused-ring (bicyclic) bond motifs is 1. The van der Waals surface area contributed by atoms with Crippen molar-refractivity contribution in [1.82, 2.24) is 0 Å². The van der Waals surface area contributed by atoms with Crippen molar-refractivity contribution < 1.29 is 40.9 Å². The van der Waals surface area contributed by atoms with Gasteiger partial charge in [-0.1, -0.05) is 38.1 Å². The number of Topliss-reactive ketones (excluding diaryl/α,β-unsaturated/α-hetero) is 2. The summed E-state index contributed by atoms with van der Waals surface area (Å²) < 4.78 is 22.5. The molecule has 0 saturated heterocycles. The third-order valence-electron chi connectivity index (χ3n) is 3.39. The number of hydrogen-bond acceptors (Lipinski definition) is 2. The Labute approximate surface area is 146 Å². The molecule has 1 aliphatic rings. The summed E-state index contributed by atoms with van der Waals surface area (Å²) in [5.41, 5.74) is 1.21. The molecule has 0 aliphatic heterocycles. The van der Waals surface area contributed by atoms with Crippen LogP contribution in [0.3, 0.4) is 0 Å². The topological polar surface area (TPSA) is 93.8 Å². The van der Waals surface area contributed by atoms with E-state index in [4.69, 9.17) is 14.0 Å². The summed E-state index contributed by atoms with van der Waals surface area (Å²) in [6, 6.07) is 7.18. The molecule has 6 heteroatoms. The summed E-state index contributed by atoms with van der Waals surface area (Å²) >= 11 is 0. The second kappa shape index (κ2) is 15.2. The molecule has 0 aromatic heterocycles. The average molecular weight is 352 g/mol. The van der Waals surface area contributed by atoms with Gasteiger partial charge in [0.25, 0.3) is 0 Å². The summed E-state index contributed by atoms with van der Waals surface area (Å²) in [5, 5.41) is 0. The Kier molecular flexibility index (Phi) is 17.3. The van der Waals surface area contributed by atoms with Crippen LogP contribution in [0.5, 0.6) is 0 Å². The Morgan fingerprint density at radius 3 is 1.30 bits per heavy atom. The molecule has 1 aromatic rings. The van der Waals surface area contributed by atoms with Gasteiger partial charge in [-0.3, -0.25) is 9.59 Å². The molecule has 120 valence electrons. The smallest absolute Gasteiger partial charge is 0 e. The molecule has 0 spiro atoms. The van der Waals surface area contributed by atoms with Crippen LogP contribution in [-0.2, 0) is 31.3 Å². The summed E-state index contributed by atoms with van der Waals surface area (Å²) in [6.45, 7) is 17.4. The SMILES string of the molecule is C[C@H]1CC[C@H](C)C(=O)c2ccccc2C1=O.[C-]#[O+].[C-]#[O+].[C-]#[O+].[Cr]. The van der Waals surface area contributed by atoms with Crippen LogP contribution in [0.25, 0.3) is 0 Å². The van der Waals surface area contributed by atoms with E-state index in [0.29, 0.717) is 11.1 Å². The molecule has 0 unspecified atom stereocenters. The predicted molar refractivity (Wildman–Crippen MR) is 74.5 cm³/mol. The van der Waals surface area contributed by atoms with E-state index in [9.17, 15) is 9.59 Å². The van der Waals surface area contributed by atoms with Gasteiger partial charge in [0.05, 0.1) is 0 Å². The van der Waals surface area contributed by atoms with E-state index in [1.807, 2.05) is 26.0 Å². The van der Waals surface area contributed by atoms with Gasteiger partial charge in [-0.25, -0.2) is 0 Å². The van der Waals surface area contributed by atoms with Crippen molar-refractivity contribution in [2.24, 2.45) is 11.8 Å². The molecule has 1 aromatic carbocycles. The fraction of sp³-hybridized carbons (Fsp3) is 0.353. The van der Waals surface area contributed by atoms with E-state index in [1.54, 1.807) is 12.1 Å². The van der Waals surface area contributed by atoms with Crippen molar-refractivity contribution in [1.29, 1.82) is 0 Å². The Morgan fingerprint density at radius 2 is 1.04 bits per heavy atom. The van der Waals surface area contributed by atoms with Crippen LogP contribution in [0, 0.1) is 31.8 Å². The van der Waals surface area contributed by atoms with Crippen molar-refractivity contribution >= 4 is 11.6 Å². The molecule has 23 heavy (non-hydrogen) atoms. The fourth-order valence-electron chi connectivity index (χ4n) is 2.21. The van der Waals surface area contributed by atoms with Gasteiger partial charge in [-0.15, -0.1) is 0 Å². The maximum atomic E-state index is 12.1. The minimum atomic E-state index is 0. The number of carbonyl (C=O) groups excluding carboxylic acids is 2. The molecule has 0 bridgehead atoms. The molecule has 0 amide bonds. The molecular weight excluding hydrogens is 336 g/mol. The first-order valence-corrected chi connectivity index (χ1v) is 6.40. The van der Waals surface area contributed by atoms with Crippen LogP contribution in [0.4, 0.5) is 0 Å². The van der Waals surface area contributed by atoms with Crippen LogP contribution in [0.1, 0.15) is 47.4 Å². The van der Waals surface area contributed by atoms with Crippen LogP contribution in [0.2, 0.25) is 0 Å². The predicted octanol–water partition coefficient (Wildman–Crippen LogP) is 3.00. The molecule has 0 saturated carbocycles. The fourth-order valence-corrected chi connectivity index (χ4v) is 2.21. The molecule has 0 fully saturated rings. The monoisotopic (exact) mass is 352 g/mol. The van der Waals surface area contributed by atoms with Gasteiger partial charge in [-0.2, -0.15) is 0 Å². The zero-order valence-corrected chi connectivity index (χ0v) is 14.1. The van der Waals surface area contributed by atoms with Gasteiger partial charge < -0.3 is 0 Å². The summed E-state index contributed by atoms with van der Waals surface area (Å²) in [6.07, 6.45) is 1.61. The van der Waals surface area contributed by atoms with Gasteiger partial charge in [-0.05, 0) is 12.8 Å². The third-order valence-corrected chi connectivity index (χ3v) is 3.39. The van der Waals surface area contributed by atoms with Crippen LogP contribution in [-0.4, -0.2) is 11.6 Å². The minimum absolute atomic E-state index is 0. The molecule has 0 N–H and O–H groups in total. The molecule has 0 radical (unpaired) electrons. The summed E-state index contributed by atoms with van der Waals surface area (Å²) in [7, 11) is 0. The number of ketones is 2. The molecule has 2 atom stereocenters. The van der Waals surface area contributed by atoms with Crippen molar-refractivity contribution in [3.63, 3.8) is 0 Å². The van der Waals surface area contributed by atoms with E-state index in [1.165, 1.54) is 0 Å². The second-order valence-electron chi connectivity index (χ2n) is 4.65. The molecule has 1 aliphatic carbocycles. The molecule has 5 nitrogen and oxygen atoms in total. The van der Waals surface area contributed by atoms with Crippen LogP contribution < -0.4 is 0 Å². The van der Waals surface area contributed by atoms with Gasteiger partial charge in [0.1, 0.15) is 0 Å². The van der Waals surface area contributed by atoms with Gasteiger partial charge in [0, 0.05) is 40.3 Å². The van der Waals surface area contributed by atoms with Crippen molar-refractivity contribution in [3.05, 3.63) is 55.3 Å². The average Bonchev–Trinajstić information content (AvgIpc) is 2.62. The van der Waals surface area contributed by atoms with E-state index >= 15 is 0 Å². The number of carbonyl (C=O) groups is 2. The summed E-state index contributed by atoms with van der Waals surface area (Å²) in [4.78, 5) is 24.2. The zero-order chi connectivity index (χ0) is 17.7. The molecule has 0 heterocycles. The number of rotatable bonds is 0. The quantitative estimate of drug-likeness (QED) is 0.530. The Balaban J connectivity index is -0.000000514. The van der Waals surface area contributed by atoms with Crippen molar-refractivity contribution in [2.45, 2.75) is 26.7 Å². The zero-order valence-electron chi connectivity index (χ0n) is 12.8. The number of benzene rings is 1. The number of hydrogen-bond donors (Lipinski definition) is 0. The van der Waals surface area contributed by atoms with E-state index in [2.05, 4.69) is 20.0 Å². The Morgan fingerprint density at radius 1 is 0.783 bits per heavy atom. The van der Waals surface area contributed by atoms with E-state index < -0.39 is 0 Å². The van der Waals surface area contributed by atoms with Crippen molar-refractivity contribution in [2.75, 3.05) is 0 Å². The van der Waals surface area contributed by atoms with Gasteiger partial charge in [0.15, 0.2) is 11.6 Å². The van der Waals surface area contributed by atoms with E-state index in [-0.39, 0.29) is 40.8 Å². The second-order valence-corrected chi connectivity index (χ2v) is 4.65. The van der Waals surface area contributed by atoms with E-state index in [0.717, 1.165) is 12.8 Å². The molecular formula is C17H16CrO5. The standard InChI is InChI=1S/C14H16O2.3CO.Cr/c1-9-7-8-10(2)14(16)12-6-4-3-5-11(12)13(9)15;3*1-2;/h3-6,9-10H,7-8H2,1-2H3;;;;/t9-,10-;;;;/m0..../s1. The largest absolute Gasteiger partial charge is 0 e. The normalized spacial score (nSPS) is 18.3. The van der Waals surface area contributed by atoms with Crippen molar-refractivity contribution in [3.8, 4) is 0 Å². The van der Waals surface area contributed by atoms with Gasteiger partial charge in [0.2, 0.25) is 0 Å². The van der Waals surface area contributed by atoms with Gasteiger partial charge >= 0.3 is 33.9 Å². The maximum Gasteiger partial charge on any atom is 0 e.